The van der Waals surface area contributed by atoms with Crippen LogP contribution in [0, 0.1) is 0 Å². The fourth-order valence-electron chi connectivity index (χ4n) is 3.34. The molecular formula is C14H25N3O4. The van der Waals surface area contributed by atoms with Crippen LogP contribution in [-0.2, 0) is 19.1 Å². The van der Waals surface area contributed by atoms with Gasteiger partial charge in [0.15, 0.2) is 0 Å². The van der Waals surface area contributed by atoms with Crippen LogP contribution in [0.4, 0.5) is 0 Å². The van der Waals surface area contributed by atoms with Gasteiger partial charge in [-0.1, -0.05) is 0 Å². The number of hydrogen-bond acceptors (Lipinski definition) is 5. The van der Waals surface area contributed by atoms with Crippen molar-refractivity contribution < 1.29 is 19.1 Å². The van der Waals surface area contributed by atoms with E-state index in [9.17, 15) is 9.59 Å². The molecular weight excluding hydrogens is 274 g/mol. The number of primary amides is 1. The van der Waals surface area contributed by atoms with E-state index in [0.717, 1.165) is 25.9 Å². The predicted molar refractivity (Wildman–Crippen MR) is 76.6 cm³/mol. The monoisotopic (exact) mass is 299 g/mol. The van der Waals surface area contributed by atoms with Crippen LogP contribution in [0.2, 0.25) is 0 Å². The molecule has 2 aliphatic rings. The van der Waals surface area contributed by atoms with Crippen molar-refractivity contribution in [3.05, 3.63) is 0 Å². The largest absolute Gasteiger partial charge is 0.382 e. The molecule has 7 nitrogen and oxygen atoms in total. The molecule has 0 spiro atoms. The molecule has 2 saturated heterocycles. The summed E-state index contributed by atoms with van der Waals surface area (Å²) in [4.78, 5) is 27.9. The summed E-state index contributed by atoms with van der Waals surface area (Å²) in [6.07, 6.45) is 1.81. The normalized spacial score (nSPS) is 27.0. The van der Waals surface area contributed by atoms with Crippen LogP contribution in [0.1, 0.15) is 19.3 Å². The van der Waals surface area contributed by atoms with Crippen LogP contribution in [0.25, 0.3) is 0 Å². The van der Waals surface area contributed by atoms with E-state index >= 15 is 0 Å². The average molecular weight is 299 g/mol. The van der Waals surface area contributed by atoms with Crippen molar-refractivity contribution >= 4 is 11.8 Å². The van der Waals surface area contributed by atoms with E-state index in [4.69, 9.17) is 15.2 Å². The van der Waals surface area contributed by atoms with Crippen LogP contribution in [0.5, 0.6) is 0 Å². The van der Waals surface area contributed by atoms with Gasteiger partial charge in [0, 0.05) is 26.7 Å². The van der Waals surface area contributed by atoms with Gasteiger partial charge in [0.2, 0.25) is 11.8 Å². The molecule has 2 N–H and O–H groups in total. The number of nitrogens with zero attached hydrogens (tertiary/aromatic N) is 2. The number of likely N-dealkylation sites (tertiary alicyclic amines) is 1. The van der Waals surface area contributed by atoms with E-state index in [1.165, 1.54) is 0 Å². The maximum absolute atomic E-state index is 12.6. The number of carbonyl (C=O) groups is 2. The molecule has 2 fully saturated rings. The van der Waals surface area contributed by atoms with Gasteiger partial charge in [0.25, 0.3) is 0 Å². The first-order valence-corrected chi connectivity index (χ1v) is 7.45. The van der Waals surface area contributed by atoms with Crippen molar-refractivity contribution in [3.63, 3.8) is 0 Å². The summed E-state index contributed by atoms with van der Waals surface area (Å²) >= 11 is 0. The van der Waals surface area contributed by atoms with Gasteiger partial charge in [-0.3, -0.25) is 14.5 Å². The molecule has 0 aliphatic carbocycles. The maximum Gasteiger partial charge on any atom is 0.237 e. The molecule has 0 aromatic rings. The van der Waals surface area contributed by atoms with E-state index in [0.29, 0.717) is 32.9 Å². The summed E-state index contributed by atoms with van der Waals surface area (Å²) < 4.78 is 10.6. The number of methoxy groups -OCH3 is 1. The second-order valence-electron chi connectivity index (χ2n) is 5.84. The number of morpholine rings is 1. The van der Waals surface area contributed by atoms with Crippen molar-refractivity contribution in [1.29, 1.82) is 0 Å². The Hall–Kier alpha value is -1.18. The fraction of sp³-hybridized carbons (Fsp3) is 0.857. The van der Waals surface area contributed by atoms with E-state index in [1.54, 1.807) is 12.0 Å². The Bertz CT molecular complexity index is 384. The Kier molecular flexibility index (Phi) is 5.55. The molecule has 0 bridgehead atoms. The molecule has 2 aliphatic heterocycles. The van der Waals surface area contributed by atoms with Crippen LogP contribution >= 0.6 is 0 Å². The van der Waals surface area contributed by atoms with Gasteiger partial charge in [-0.05, 0) is 12.8 Å². The zero-order valence-electron chi connectivity index (χ0n) is 12.7. The molecule has 1 atom stereocenters. The Morgan fingerprint density at radius 2 is 2.00 bits per heavy atom. The summed E-state index contributed by atoms with van der Waals surface area (Å²) in [6, 6.07) is 0. The third kappa shape index (κ3) is 3.93. The Balaban J connectivity index is 2.03. The lowest BCUT2D eigenvalue weighted by molar-refractivity contribution is -0.141. The summed E-state index contributed by atoms with van der Waals surface area (Å²) in [5, 5.41) is 0. The molecule has 0 aromatic heterocycles. The summed E-state index contributed by atoms with van der Waals surface area (Å²) in [5.41, 5.74) is 4.81. The van der Waals surface area contributed by atoms with Gasteiger partial charge < -0.3 is 20.1 Å². The highest BCUT2D eigenvalue weighted by Gasteiger charge is 2.44. The third-order valence-corrected chi connectivity index (χ3v) is 4.28. The fourth-order valence-corrected chi connectivity index (χ4v) is 3.34. The van der Waals surface area contributed by atoms with Crippen LogP contribution in [-0.4, -0.2) is 80.3 Å². The number of amides is 2. The van der Waals surface area contributed by atoms with Gasteiger partial charge in [-0.15, -0.1) is 0 Å². The van der Waals surface area contributed by atoms with Gasteiger partial charge in [0.1, 0.15) is 0 Å². The Morgan fingerprint density at radius 1 is 1.29 bits per heavy atom. The minimum absolute atomic E-state index is 0.0488. The van der Waals surface area contributed by atoms with Gasteiger partial charge >= 0.3 is 0 Å². The predicted octanol–water partition coefficient (Wildman–Crippen LogP) is -0.798. The lowest BCUT2D eigenvalue weighted by Gasteiger charge is -2.38. The van der Waals surface area contributed by atoms with Gasteiger partial charge in [0.05, 0.1) is 38.3 Å². The highest BCUT2D eigenvalue weighted by atomic mass is 16.5. The molecule has 0 radical (unpaired) electrons. The van der Waals surface area contributed by atoms with Crippen molar-refractivity contribution in [3.8, 4) is 0 Å². The third-order valence-electron chi connectivity index (χ3n) is 4.28. The molecule has 2 heterocycles. The lowest BCUT2D eigenvalue weighted by atomic mass is 9.92. The Morgan fingerprint density at radius 3 is 2.62 bits per heavy atom. The lowest BCUT2D eigenvalue weighted by Crippen LogP contribution is -2.55. The highest BCUT2D eigenvalue weighted by Crippen LogP contribution is 2.33. The van der Waals surface area contributed by atoms with Crippen molar-refractivity contribution in [2.75, 3.05) is 53.1 Å². The van der Waals surface area contributed by atoms with Crippen LogP contribution < -0.4 is 5.73 Å². The molecule has 120 valence electrons. The molecule has 0 aromatic carbocycles. The van der Waals surface area contributed by atoms with Crippen molar-refractivity contribution in [2.24, 2.45) is 5.73 Å². The number of ether oxygens (including phenoxy) is 2. The quantitative estimate of drug-likeness (QED) is 0.694. The zero-order valence-corrected chi connectivity index (χ0v) is 12.7. The maximum atomic E-state index is 12.6. The minimum atomic E-state index is -0.566. The highest BCUT2D eigenvalue weighted by molar-refractivity contribution is 5.82. The number of hydrogen-bond donors (Lipinski definition) is 1. The van der Waals surface area contributed by atoms with Crippen molar-refractivity contribution in [2.45, 2.75) is 24.8 Å². The average Bonchev–Trinajstić information content (AvgIpc) is 2.83. The SMILES string of the molecule is COC[C@@]1(CC(N)=O)CCCN1C(=O)CN1CCOCC1. The standard InChI is InChI=1S/C14H25N3O4/c1-20-11-14(9-12(15)18)3-2-4-17(14)13(19)10-16-5-7-21-8-6-16/h2-11H2,1H3,(H2,15,18)/t14-/m0/s1. The summed E-state index contributed by atoms with van der Waals surface area (Å²) in [7, 11) is 1.59. The summed E-state index contributed by atoms with van der Waals surface area (Å²) in [6.45, 7) is 4.26. The molecule has 2 rings (SSSR count). The molecule has 7 heteroatoms. The smallest absolute Gasteiger partial charge is 0.237 e. The van der Waals surface area contributed by atoms with E-state index < -0.39 is 11.4 Å². The first-order valence-electron chi connectivity index (χ1n) is 7.45. The van der Waals surface area contributed by atoms with Gasteiger partial charge in [-0.2, -0.15) is 0 Å². The number of rotatable bonds is 6. The topological polar surface area (TPSA) is 85.1 Å². The molecule has 2 amide bonds. The minimum Gasteiger partial charge on any atom is -0.382 e. The second-order valence-corrected chi connectivity index (χ2v) is 5.84. The number of nitrogens with two attached hydrogens (primary N) is 1. The molecule has 0 saturated carbocycles. The first-order chi connectivity index (χ1) is 10.1. The van der Waals surface area contributed by atoms with E-state index in [2.05, 4.69) is 4.90 Å². The van der Waals surface area contributed by atoms with Gasteiger partial charge in [-0.25, -0.2) is 0 Å². The molecule has 0 unspecified atom stereocenters. The first kappa shape index (κ1) is 16.2. The van der Waals surface area contributed by atoms with E-state index in [-0.39, 0.29) is 12.3 Å². The van der Waals surface area contributed by atoms with E-state index in [1.807, 2.05) is 0 Å². The number of carbonyl (C=O) groups excluding carboxylic acids is 2. The summed E-state index contributed by atoms with van der Waals surface area (Å²) in [5.74, 6) is -0.342. The zero-order chi connectivity index (χ0) is 15.3. The Labute approximate surface area is 125 Å². The second kappa shape index (κ2) is 7.20. The van der Waals surface area contributed by atoms with Crippen molar-refractivity contribution in [1.82, 2.24) is 9.80 Å². The van der Waals surface area contributed by atoms with Crippen LogP contribution in [0.3, 0.4) is 0 Å². The molecule has 21 heavy (non-hydrogen) atoms. The van der Waals surface area contributed by atoms with Crippen LogP contribution in [0.15, 0.2) is 0 Å².